The molecule has 0 saturated heterocycles. The van der Waals surface area contributed by atoms with E-state index in [0.717, 1.165) is 15.6 Å². The minimum Gasteiger partial charge on any atom is -0.467 e. The van der Waals surface area contributed by atoms with Crippen LogP contribution in [0.25, 0.3) is 11.3 Å². The van der Waals surface area contributed by atoms with E-state index in [1.807, 2.05) is 30.3 Å². The molecule has 156 valence electrons. The van der Waals surface area contributed by atoms with Crippen LogP contribution in [-0.4, -0.2) is 22.0 Å². The highest BCUT2D eigenvalue weighted by atomic mass is 79.9. The number of amides is 2. The van der Waals surface area contributed by atoms with Crippen LogP contribution in [0.3, 0.4) is 0 Å². The summed E-state index contributed by atoms with van der Waals surface area (Å²) < 4.78 is 6.19. The Bertz CT molecular complexity index is 1180. The van der Waals surface area contributed by atoms with Crippen LogP contribution in [-0.2, 0) is 13.1 Å². The quantitative estimate of drug-likeness (QED) is 0.368. The van der Waals surface area contributed by atoms with Crippen molar-refractivity contribution < 1.29 is 14.0 Å². The number of hydrogen-bond acceptors (Lipinski definition) is 4. The van der Waals surface area contributed by atoms with Gasteiger partial charge in [0.15, 0.2) is 0 Å². The maximum Gasteiger partial charge on any atom is 0.269 e. The topological polar surface area (TPSA) is 100 Å². The molecule has 2 heterocycles. The van der Waals surface area contributed by atoms with Gasteiger partial charge >= 0.3 is 0 Å². The number of halogens is 1. The Labute approximate surface area is 187 Å². The Hall–Kier alpha value is -3.65. The summed E-state index contributed by atoms with van der Waals surface area (Å²) in [7, 11) is 0. The summed E-state index contributed by atoms with van der Waals surface area (Å²) >= 11 is 3.40. The minimum atomic E-state index is -0.275. The number of rotatable bonds is 7. The molecule has 0 fully saturated rings. The van der Waals surface area contributed by atoms with Gasteiger partial charge in [-0.2, -0.15) is 5.10 Å². The second-order valence-electron chi connectivity index (χ2n) is 6.82. The maximum atomic E-state index is 12.5. The molecule has 2 amide bonds. The fraction of sp³-hybridized carbons (Fsp3) is 0.0870. The molecule has 0 spiro atoms. The van der Waals surface area contributed by atoms with Crippen LogP contribution in [0.2, 0.25) is 0 Å². The lowest BCUT2D eigenvalue weighted by Crippen LogP contribution is -2.24. The van der Waals surface area contributed by atoms with Crippen molar-refractivity contribution >= 4 is 27.7 Å². The van der Waals surface area contributed by atoms with Crippen molar-refractivity contribution in [2.45, 2.75) is 13.1 Å². The van der Waals surface area contributed by atoms with Gasteiger partial charge in [0.05, 0.1) is 18.5 Å². The lowest BCUT2D eigenvalue weighted by atomic mass is 10.1. The largest absolute Gasteiger partial charge is 0.467 e. The molecule has 2 aromatic carbocycles. The highest BCUT2D eigenvalue weighted by molar-refractivity contribution is 9.10. The second kappa shape index (κ2) is 9.44. The number of nitrogens with zero attached hydrogens (tertiary/aromatic N) is 1. The van der Waals surface area contributed by atoms with E-state index in [-0.39, 0.29) is 18.4 Å². The van der Waals surface area contributed by atoms with Crippen LogP contribution in [0.15, 0.2) is 81.9 Å². The maximum absolute atomic E-state index is 12.5. The van der Waals surface area contributed by atoms with E-state index in [4.69, 9.17) is 4.42 Å². The first-order chi connectivity index (χ1) is 15.1. The third-order valence-corrected chi connectivity index (χ3v) is 5.14. The van der Waals surface area contributed by atoms with Gasteiger partial charge in [-0.25, -0.2) is 0 Å². The molecule has 0 unspecified atom stereocenters. The van der Waals surface area contributed by atoms with E-state index in [2.05, 4.69) is 36.8 Å². The first-order valence-corrected chi connectivity index (χ1v) is 10.4. The number of aromatic nitrogens is 2. The van der Waals surface area contributed by atoms with Gasteiger partial charge < -0.3 is 15.1 Å². The van der Waals surface area contributed by atoms with Gasteiger partial charge in [0.25, 0.3) is 11.8 Å². The van der Waals surface area contributed by atoms with E-state index in [9.17, 15) is 9.59 Å². The van der Waals surface area contributed by atoms with Gasteiger partial charge in [-0.3, -0.25) is 14.7 Å². The van der Waals surface area contributed by atoms with Crippen LogP contribution in [0.1, 0.15) is 32.2 Å². The molecule has 3 N–H and O–H groups in total. The smallest absolute Gasteiger partial charge is 0.269 e. The summed E-state index contributed by atoms with van der Waals surface area (Å²) in [5.74, 6) is 0.194. The monoisotopic (exact) mass is 478 g/mol. The van der Waals surface area contributed by atoms with Crippen molar-refractivity contribution in [1.29, 1.82) is 0 Å². The molecule has 0 bridgehead atoms. The first-order valence-electron chi connectivity index (χ1n) is 9.57. The highest BCUT2D eigenvalue weighted by Gasteiger charge is 2.12. The van der Waals surface area contributed by atoms with Crippen LogP contribution in [0.4, 0.5) is 0 Å². The lowest BCUT2D eigenvalue weighted by Gasteiger charge is -2.07. The van der Waals surface area contributed by atoms with E-state index >= 15 is 0 Å². The summed E-state index contributed by atoms with van der Waals surface area (Å²) in [6, 6.07) is 20.1. The van der Waals surface area contributed by atoms with Crippen molar-refractivity contribution in [2.24, 2.45) is 0 Å². The molecule has 4 rings (SSSR count). The molecule has 0 aliphatic heterocycles. The minimum absolute atomic E-state index is 0.211. The van der Waals surface area contributed by atoms with Gasteiger partial charge in [0, 0.05) is 22.1 Å². The summed E-state index contributed by atoms with van der Waals surface area (Å²) in [5, 5.41) is 12.6. The van der Waals surface area contributed by atoms with Crippen molar-refractivity contribution in [3.63, 3.8) is 0 Å². The van der Waals surface area contributed by atoms with Crippen LogP contribution < -0.4 is 10.6 Å². The average Bonchev–Trinajstić information content (AvgIpc) is 3.49. The van der Waals surface area contributed by atoms with Gasteiger partial charge in [-0.15, -0.1) is 0 Å². The number of H-pyrrole nitrogens is 1. The average molecular weight is 479 g/mol. The predicted molar refractivity (Wildman–Crippen MR) is 119 cm³/mol. The van der Waals surface area contributed by atoms with Crippen molar-refractivity contribution in [3.8, 4) is 11.3 Å². The van der Waals surface area contributed by atoms with Crippen LogP contribution in [0.5, 0.6) is 0 Å². The normalized spacial score (nSPS) is 10.6. The standard InChI is InChI=1S/C23H19BrN4O3/c24-18-8-6-16(7-9-18)20-12-21(28-27-20)23(30)25-13-15-3-1-4-17(11-15)22(29)26-14-19-5-2-10-31-19/h1-12H,13-14H2,(H,25,30)(H,26,29)(H,27,28). The SMILES string of the molecule is O=C(NCc1ccco1)c1cccc(CNC(=O)c2cc(-c3ccc(Br)cc3)n[nH]2)c1. The molecule has 0 saturated carbocycles. The van der Waals surface area contributed by atoms with E-state index in [1.54, 1.807) is 42.7 Å². The third-order valence-electron chi connectivity index (χ3n) is 4.61. The predicted octanol–water partition coefficient (Wildman–Crippen LogP) is 4.29. The number of nitrogens with one attached hydrogen (secondary N) is 3. The van der Waals surface area contributed by atoms with Crippen molar-refractivity contribution in [1.82, 2.24) is 20.8 Å². The van der Waals surface area contributed by atoms with Crippen LogP contribution in [0, 0.1) is 0 Å². The number of aromatic amines is 1. The Kier molecular flexibility index (Phi) is 6.28. The fourth-order valence-corrected chi connectivity index (χ4v) is 3.25. The Morgan fingerprint density at radius 3 is 2.52 bits per heavy atom. The number of hydrogen-bond donors (Lipinski definition) is 3. The molecule has 0 aliphatic carbocycles. The van der Waals surface area contributed by atoms with E-state index in [0.29, 0.717) is 29.3 Å². The summed E-state index contributed by atoms with van der Waals surface area (Å²) in [6.07, 6.45) is 1.56. The molecular weight excluding hydrogens is 460 g/mol. The van der Waals surface area contributed by atoms with E-state index in [1.165, 1.54) is 0 Å². The van der Waals surface area contributed by atoms with Gasteiger partial charge in [-0.05, 0) is 48.0 Å². The summed E-state index contributed by atoms with van der Waals surface area (Å²) in [4.78, 5) is 24.8. The molecule has 2 aromatic heterocycles. The van der Waals surface area contributed by atoms with E-state index < -0.39 is 0 Å². The van der Waals surface area contributed by atoms with Crippen molar-refractivity contribution in [3.05, 3.63) is 100 Å². The Balaban J connectivity index is 1.34. The molecule has 0 radical (unpaired) electrons. The summed E-state index contributed by atoms with van der Waals surface area (Å²) in [5.41, 5.74) is 3.29. The van der Waals surface area contributed by atoms with Gasteiger partial charge in [0.2, 0.25) is 0 Å². The molecule has 31 heavy (non-hydrogen) atoms. The van der Waals surface area contributed by atoms with Gasteiger partial charge in [0.1, 0.15) is 11.5 Å². The third kappa shape index (κ3) is 5.29. The first kappa shape index (κ1) is 20.6. The molecular formula is C23H19BrN4O3. The zero-order valence-electron chi connectivity index (χ0n) is 16.4. The molecule has 4 aromatic rings. The summed E-state index contributed by atoms with van der Waals surface area (Å²) in [6.45, 7) is 0.595. The van der Waals surface area contributed by atoms with Gasteiger partial charge in [-0.1, -0.05) is 40.2 Å². The highest BCUT2D eigenvalue weighted by Crippen LogP contribution is 2.20. The van der Waals surface area contributed by atoms with Crippen LogP contribution >= 0.6 is 15.9 Å². The molecule has 0 atom stereocenters. The molecule has 8 heteroatoms. The number of carbonyl (C=O) groups is 2. The zero-order valence-corrected chi connectivity index (χ0v) is 18.0. The molecule has 0 aliphatic rings. The fourth-order valence-electron chi connectivity index (χ4n) is 2.99. The second-order valence-corrected chi connectivity index (χ2v) is 7.73. The number of benzene rings is 2. The molecule has 7 nitrogen and oxygen atoms in total. The Morgan fingerprint density at radius 2 is 1.74 bits per heavy atom. The van der Waals surface area contributed by atoms with Crippen molar-refractivity contribution in [2.75, 3.05) is 0 Å². The number of carbonyl (C=O) groups excluding carboxylic acids is 2. The zero-order chi connectivity index (χ0) is 21.6. The Morgan fingerprint density at radius 1 is 0.935 bits per heavy atom. The number of furan rings is 1. The lowest BCUT2D eigenvalue weighted by molar-refractivity contribution is 0.0941.